The summed E-state index contributed by atoms with van der Waals surface area (Å²) >= 11 is 3.56. The highest BCUT2D eigenvalue weighted by molar-refractivity contribution is 9.10. The molecule has 1 N–H and O–H groups in total. The lowest BCUT2D eigenvalue weighted by Gasteiger charge is -2.38. The van der Waals surface area contributed by atoms with Gasteiger partial charge in [0.2, 0.25) is 13.0 Å². The van der Waals surface area contributed by atoms with Crippen LogP contribution in [0, 0.1) is 0 Å². The van der Waals surface area contributed by atoms with Gasteiger partial charge in [-0.05, 0) is 48.5 Å². The second-order valence-electron chi connectivity index (χ2n) is 8.44. The third-order valence-electron chi connectivity index (χ3n) is 6.52. The molecule has 184 valence electrons. The summed E-state index contributed by atoms with van der Waals surface area (Å²) in [7, 11) is 2.88. The summed E-state index contributed by atoms with van der Waals surface area (Å²) in [5, 5.41) is 16.9. The number of halogens is 1. The lowest BCUT2D eigenvalue weighted by molar-refractivity contribution is -0.0199. The van der Waals surface area contributed by atoms with E-state index in [0.29, 0.717) is 35.0 Å². The van der Waals surface area contributed by atoms with E-state index in [4.69, 9.17) is 28.8 Å². The highest BCUT2D eigenvalue weighted by Gasteiger charge is 2.43. The van der Waals surface area contributed by atoms with Gasteiger partial charge in [0.25, 0.3) is 0 Å². The molecule has 0 spiro atoms. The number of benzene rings is 3. The van der Waals surface area contributed by atoms with E-state index in [9.17, 15) is 9.90 Å². The topological polar surface area (TPSA) is 99.1 Å². The van der Waals surface area contributed by atoms with Crippen molar-refractivity contribution in [1.29, 1.82) is 0 Å². The molecular formula is C26H21BrN2O7. The van der Waals surface area contributed by atoms with Crippen molar-refractivity contribution in [3.63, 3.8) is 0 Å². The molecule has 0 bridgehead atoms. The van der Waals surface area contributed by atoms with Crippen molar-refractivity contribution in [3.05, 3.63) is 75.3 Å². The van der Waals surface area contributed by atoms with Crippen LogP contribution in [0.5, 0.6) is 28.7 Å². The molecule has 0 unspecified atom stereocenters. The molecule has 10 heteroatoms. The fourth-order valence-electron chi connectivity index (χ4n) is 4.88. The smallest absolute Gasteiger partial charge is 0.340 e. The summed E-state index contributed by atoms with van der Waals surface area (Å²) in [5.74, 6) is 1.33. The minimum absolute atomic E-state index is 0.0344. The van der Waals surface area contributed by atoms with Crippen LogP contribution < -0.4 is 23.7 Å². The van der Waals surface area contributed by atoms with E-state index in [2.05, 4.69) is 15.9 Å². The zero-order valence-corrected chi connectivity index (χ0v) is 20.9. The fourth-order valence-corrected chi connectivity index (χ4v) is 5.26. The maximum absolute atomic E-state index is 12.4. The molecule has 3 aromatic carbocycles. The molecule has 9 nitrogen and oxygen atoms in total. The van der Waals surface area contributed by atoms with Crippen LogP contribution in [-0.4, -0.2) is 42.8 Å². The van der Waals surface area contributed by atoms with Gasteiger partial charge in [-0.3, -0.25) is 0 Å². The number of aromatic carboxylic acids is 1. The zero-order chi connectivity index (χ0) is 25.0. The van der Waals surface area contributed by atoms with Crippen LogP contribution in [0.3, 0.4) is 0 Å². The molecular weight excluding hydrogens is 532 g/mol. The molecule has 3 aliphatic rings. The van der Waals surface area contributed by atoms with Crippen LogP contribution in [-0.2, 0) is 0 Å². The van der Waals surface area contributed by atoms with Gasteiger partial charge in [-0.15, -0.1) is 0 Å². The van der Waals surface area contributed by atoms with Gasteiger partial charge in [-0.2, -0.15) is 5.10 Å². The number of carboxylic acids is 1. The van der Waals surface area contributed by atoms with Crippen molar-refractivity contribution in [3.8, 4) is 28.7 Å². The largest absolute Gasteiger partial charge is 0.493 e. The number of nitrogens with zero attached hydrogens (tertiary/aromatic N) is 2. The zero-order valence-electron chi connectivity index (χ0n) is 19.4. The molecule has 0 amide bonds. The lowest BCUT2D eigenvalue weighted by atomic mass is 9.95. The van der Waals surface area contributed by atoms with Crippen LogP contribution in [0.1, 0.15) is 45.7 Å². The number of rotatable bonds is 5. The van der Waals surface area contributed by atoms with Crippen molar-refractivity contribution in [2.75, 3.05) is 21.0 Å². The van der Waals surface area contributed by atoms with Gasteiger partial charge >= 0.3 is 5.97 Å². The van der Waals surface area contributed by atoms with Gasteiger partial charge in [-0.1, -0.05) is 15.9 Å². The monoisotopic (exact) mass is 552 g/mol. The molecule has 3 heterocycles. The predicted octanol–water partition coefficient (Wildman–Crippen LogP) is 5.14. The second-order valence-corrected chi connectivity index (χ2v) is 9.35. The number of hydrazone groups is 1. The average molecular weight is 553 g/mol. The Bertz CT molecular complexity index is 1420. The molecule has 0 saturated heterocycles. The van der Waals surface area contributed by atoms with Crippen LogP contribution in [0.25, 0.3) is 0 Å². The normalized spacial score (nSPS) is 19.2. The van der Waals surface area contributed by atoms with E-state index in [1.807, 2.05) is 41.4 Å². The number of hydrogen-bond acceptors (Lipinski definition) is 8. The van der Waals surface area contributed by atoms with Gasteiger partial charge < -0.3 is 28.8 Å². The van der Waals surface area contributed by atoms with Crippen molar-refractivity contribution >= 4 is 27.6 Å². The first-order valence-electron chi connectivity index (χ1n) is 11.2. The quantitative estimate of drug-likeness (QED) is 0.464. The Morgan fingerprint density at radius 2 is 1.83 bits per heavy atom. The average Bonchev–Trinajstić information content (AvgIpc) is 3.54. The van der Waals surface area contributed by atoms with Crippen LogP contribution in [0.4, 0.5) is 0 Å². The Morgan fingerprint density at radius 1 is 1.03 bits per heavy atom. The second kappa shape index (κ2) is 8.63. The minimum Gasteiger partial charge on any atom is -0.493 e. The fraction of sp³-hybridized carbons (Fsp3) is 0.231. The number of hydrogen-bond donors (Lipinski definition) is 1. The molecule has 0 aromatic heterocycles. The minimum atomic E-state index is -1.15. The third-order valence-corrected chi connectivity index (χ3v) is 7.01. The number of ether oxygens (including phenoxy) is 5. The first-order chi connectivity index (χ1) is 17.5. The van der Waals surface area contributed by atoms with Crippen molar-refractivity contribution in [1.82, 2.24) is 5.01 Å². The Kier molecular flexibility index (Phi) is 5.40. The molecule has 0 aliphatic carbocycles. The number of methoxy groups -OCH3 is 2. The highest BCUT2D eigenvalue weighted by atomic mass is 79.9. The summed E-state index contributed by atoms with van der Waals surface area (Å²) in [6, 6.07) is 14.7. The Morgan fingerprint density at radius 3 is 2.61 bits per heavy atom. The molecule has 0 fully saturated rings. The predicted molar refractivity (Wildman–Crippen MR) is 132 cm³/mol. The van der Waals surface area contributed by atoms with Gasteiger partial charge in [0.1, 0.15) is 11.3 Å². The maximum atomic E-state index is 12.4. The number of fused-ring (bicyclic) bond motifs is 4. The number of carbonyl (C=O) groups is 1. The van der Waals surface area contributed by atoms with Crippen LogP contribution >= 0.6 is 15.9 Å². The lowest BCUT2D eigenvalue weighted by Crippen LogP contribution is -2.34. The van der Waals surface area contributed by atoms with E-state index in [1.165, 1.54) is 14.2 Å². The molecule has 0 saturated carbocycles. The van der Waals surface area contributed by atoms with E-state index in [1.54, 1.807) is 12.1 Å². The Balaban J connectivity index is 1.50. The van der Waals surface area contributed by atoms with Crippen molar-refractivity contribution < 1.29 is 33.6 Å². The summed E-state index contributed by atoms with van der Waals surface area (Å²) in [4.78, 5) is 12.4. The summed E-state index contributed by atoms with van der Waals surface area (Å²) in [5.41, 5.74) is 3.06. The van der Waals surface area contributed by atoms with E-state index >= 15 is 0 Å². The van der Waals surface area contributed by atoms with Crippen LogP contribution in [0.2, 0.25) is 0 Å². The Labute approximate surface area is 214 Å². The van der Waals surface area contributed by atoms with E-state index in [-0.39, 0.29) is 24.1 Å². The van der Waals surface area contributed by atoms with Gasteiger partial charge in [-0.25, -0.2) is 9.80 Å². The third kappa shape index (κ3) is 3.51. The standard InChI is InChI=1S/C26H21BrN2O7/c1-32-21-8-5-15(23(26(30)31)24(21)33-2)25-29-18(16-10-14(27)4-7-19(16)36-25)11-17(28-29)13-3-6-20-22(9-13)35-12-34-20/h3-10,18,25H,11-12H2,1-2H3,(H,30,31)/t18-,25-/m0/s1. The molecule has 0 radical (unpaired) electrons. The molecule has 2 atom stereocenters. The molecule has 36 heavy (non-hydrogen) atoms. The summed E-state index contributed by atoms with van der Waals surface area (Å²) in [6.07, 6.45) is -0.209. The van der Waals surface area contributed by atoms with Gasteiger partial charge in [0.05, 0.1) is 26.0 Å². The summed E-state index contributed by atoms with van der Waals surface area (Å²) < 4.78 is 29.1. The van der Waals surface area contributed by atoms with Gasteiger partial charge in [0.15, 0.2) is 23.0 Å². The van der Waals surface area contributed by atoms with E-state index in [0.717, 1.165) is 21.3 Å². The number of carboxylic acid groups (broad SMARTS) is 1. The van der Waals surface area contributed by atoms with Crippen molar-refractivity contribution in [2.24, 2.45) is 5.10 Å². The van der Waals surface area contributed by atoms with Crippen molar-refractivity contribution in [2.45, 2.75) is 18.7 Å². The molecule has 6 rings (SSSR count). The SMILES string of the molecule is COc1ccc([C@@H]2Oc3ccc(Br)cc3[C@@H]3CC(c4ccc5c(c4)OCO5)=NN32)c(C(=O)O)c1OC. The van der Waals surface area contributed by atoms with E-state index < -0.39 is 12.2 Å². The highest BCUT2D eigenvalue weighted by Crippen LogP contribution is 2.50. The van der Waals surface area contributed by atoms with Crippen LogP contribution in [0.15, 0.2) is 58.1 Å². The summed E-state index contributed by atoms with van der Waals surface area (Å²) in [6.45, 7) is 0.189. The Hall–Kier alpha value is -3.92. The first-order valence-corrected chi connectivity index (χ1v) is 12.0. The maximum Gasteiger partial charge on any atom is 0.340 e. The molecule has 3 aromatic rings. The molecule has 3 aliphatic heterocycles. The first kappa shape index (κ1) is 22.5. The van der Waals surface area contributed by atoms with Gasteiger partial charge in [0, 0.05) is 27.6 Å².